The molecule has 1 aromatic rings. The summed E-state index contributed by atoms with van der Waals surface area (Å²) < 4.78 is 0. The smallest absolute Gasteiger partial charge is 0.265 e. The molecule has 4 heteroatoms. The van der Waals surface area contributed by atoms with Crippen LogP contribution in [0.2, 0.25) is 0 Å². The van der Waals surface area contributed by atoms with Gasteiger partial charge in [-0.1, -0.05) is 18.8 Å². The van der Waals surface area contributed by atoms with Crippen molar-refractivity contribution in [1.82, 2.24) is 4.90 Å². The van der Waals surface area contributed by atoms with E-state index in [1.54, 1.807) is 0 Å². The maximum absolute atomic E-state index is 12.2. The van der Waals surface area contributed by atoms with Gasteiger partial charge in [0.15, 0.2) is 0 Å². The van der Waals surface area contributed by atoms with E-state index >= 15 is 0 Å². The number of hydrogen-bond donors (Lipinski definition) is 1. The zero-order chi connectivity index (χ0) is 12.3. The third-order valence-electron chi connectivity index (χ3n) is 2.87. The molecule has 0 bridgehead atoms. The minimum Gasteiger partial charge on any atom is -0.384 e. The summed E-state index contributed by atoms with van der Waals surface area (Å²) in [5.41, 5.74) is 0.730. The topological polar surface area (TPSA) is 40.5 Å². The molecule has 0 radical (unpaired) electrons. The van der Waals surface area contributed by atoms with E-state index in [0.29, 0.717) is 10.8 Å². The molecular formula is C13H15NO2S. The van der Waals surface area contributed by atoms with E-state index in [9.17, 15) is 4.79 Å². The number of nitrogens with zero attached hydrogens (tertiary/aromatic N) is 1. The average Bonchev–Trinajstić information content (AvgIpc) is 2.94. The Balaban J connectivity index is 2.17. The van der Waals surface area contributed by atoms with E-state index in [4.69, 9.17) is 5.11 Å². The number of carbonyl (C=O) groups excluding carboxylic acids is 1. The summed E-state index contributed by atoms with van der Waals surface area (Å²) in [5, 5.41) is 10.5. The fourth-order valence-corrected chi connectivity index (χ4v) is 2.79. The normalized spacial score (nSPS) is 18.9. The van der Waals surface area contributed by atoms with E-state index in [1.807, 2.05) is 16.3 Å². The summed E-state index contributed by atoms with van der Waals surface area (Å²) in [6.45, 7) is 3.66. The highest BCUT2D eigenvalue weighted by Gasteiger charge is 2.26. The zero-order valence-electron chi connectivity index (χ0n) is 9.77. The first-order valence-corrected chi connectivity index (χ1v) is 6.57. The molecule has 1 aliphatic rings. The highest BCUT2D eigenvalue weighted by Crippen LogP contribution is 2.22. The molecule has 0 saturated carbocycles. The first-order valence-electron chi connectivity index (χ1n) is 5.69. The van der Waals surface area contributed by atoms with E-state index in [0.717, 1.165) is 25.1 Å². The van der Waals surface area contributed by atoms with Gasteiger partial charge in [0.2, 0.25) is 0 Å². The van der Waals surface area contributed by atoms with Crippen LogP contribution in [0.5, 0.6) is 0 Å². The van der Waals surface area contributed by atoms with Crippen LogP contribution in [0.15, 0.2) is 11.4 Å². The van der Waals surface area contributed by atoms with Crippen LogP contribution >= 0.6 is 11.3 Å². The summed E-state index contributed by atoms with van der Waals surface area (Å²) >= 11 is 1.42. The van der Waals surface area contributed by atoms with Crippen molar-refractivity contribution in [2.75, 3.05) is 19.7 Å². The number of amides is 1. The molecule has 2 heterocycles. The van der Waals surface area contributed by atoms with Crippen LogP contribution in [0.3, 0.4) is 0 Å². The molecule has 1 fully saturated rings. The number of thiophene rings is 1. The minimum atomic E-state index is -0.176. The SMILES string of the molecule is CC1CCN(C(=O)c2sccc2C#CCO)C1. The number of carbonyl (C=O) groups is 1. The third-order valence-corrected chi connectivity index (χ3v) is 3.78. The predicted molar refractivity (Wildman–Crippen MR) is 68.0 cm³/mol. The van der Waals surface area contributed by atoms with Gasteiger partial charge in [-0.05, 0) is 23.8 Å². The number of aliphatic hydroxyl groups excluding tert-OH is 1. The monoisotopic (exact) mass is 249 g/mol. The van der Waals surface area contributed by atoms with E-state index in [2.05, 4.69) is 18.8 Å². The fourth-order valence-electron chi connectivity index (χ4n) is 1.97. The molecule has 0 aromatic carbocycles. The van der Waals surface area contributed by atoms with Crippen molar-refractivity contribution < 1.29 is 9.90 Å². The van der Waals surface area contributed by atoms with Gasteiger partial charge in [-0.15, -0.1) is 11.3 Å². The molecule has 2 rings (SSSR count). The van der Waals surface area contributed by atoms with E-state index in [1.165, 1.54) is 11.3 Å². The van der Waals surface area contributed by atoms with Crippen LogP contribution in [0.4, 0.5) is 0 Å². The van der Waals surface area contributed by atoms with Crippen molar-refractivity contribution >= 4 is 17.2 Å². The summed E-state index contributed by atoms with van der Waals surface area (Å²) in [4.78, 5) is 14.8. The Labute approximate surface area is 105 Å². The van der Waals surface area contributed by atoms with Gasteiger partial charge in [0.05, 0.1) is 0 Å². The van der Waals surface area contributed by atoms with Crippen molar-refractivity contribution in [1.29, 1.82) is 0 Å². The quantitative estimate of drug-likeness (QED) is 0.768. The van der Waals surface area contributed by atoms with E-state index in [-0.39, 0.29) is 12.5 Å². The maximum Gasteiger partial charge on any atom is 0.265 e. The first-order chi connectivity index (χ1) is 8.22. The van der Waals surface area contributed by atoms with Gasteiger partial charge in [-0.3, -0.25) is 4.79 Å². The lowest BCUT2D eigenvalue weighted by Gasteiger charge is -2.14. The molecule has 1 aromatic heterocycles. The van der Waals surface area contributed by atoms with Gasteiger partial charge in [0, 0.05) is 18.7 Å². The molecule has 1 unspecified atom stereocenters. The molecule has 17 heavy (non-hydrogen) atoms. The molecule has 1 N–H and O–H groups in total. The number of hydrogen-bond acceptors (Lipinski definition) is 3. The summed E-state index contributed by atoms with van der Waals surface area (Å²) in [6, 6.07) is 1.83. The Hall–Kier alpha value is -1.31. The van der Waals surface area contributed by atoms with Gasteiger partial charge in [0.1, 0.15) is 11.5 Å². The Morgan fingerprint density at radius 3 is 3.18 bits per heavy atom. The Kier molecular flexibility index (Phi) is 3.82. The van der Waals surface area contributed by atoms with Gasteiger partial charge < -0.3 is 10.0 Å². The molecule has 1 atom stereocenters. The van der Waals surface area contributed by atoms with Gasteiger partial charge in [0.25, 0.3) is 5.91 Å². The molecule has 90 valence electrons. The predicted octanol–water partition coefficient (Wildman–Crippen LogP) is 1.57. The Morgan fingerprint density at radius 1 is 1.71 bits per heavy atom. The van der Waals surface area contributed by atoms with Crippen molar-refractivity contribution in [3.8, 4) is 11.8 Å². The van der Waals surface area contributed by atoms with Crippen LogP contribution in [0.1, 0.15) is 28.6 Å². The van der Waals surface area contributed by atoms with E-state index < -0.39 is 0 Å². The van der Waals surface area contributed by atoms with Crippen molar-refractivity contribution in [3.05, 3.63) is 21.9 Å². The average molecular weight is 249 g/mol. The van der Waals surface area contributed by atoms with Crippen LogP contribution in [-0.4, -0.2) is 35.6 Å². The van der Waals surface area contributed by atoms with Gasteiger partial charge in [-0.2, -0.15) is 0 Å². The molecule has 0 spiro atoms. The molecule has 3 nitrogen and oxygen atoms in total. The molecular weight excluding hydrogens is 234 g/mol. The highest BCUT2D eigenvalue weighted by atomic mass is 32.1. The number of rotatable bonds is 1. The van der Waals surface area contributed by atoms with Crippen LogP contribution in [-0.2, 0) is 0 Å². The molecule has 1 aliphatic heterocycles. The maximum atomic E-state index is 12.2. The third kappa shape index (κ3) is 2.68. The second-order valence-electron chi connectivity index (χ2n) is 4.27. The highest BCUT2D eigenvalue weighted by molar-refractivity contribution is 7.12. The molecule has 1 amide bonds. The standard InChI is InChI=1S/C13H15NO2S/c1-10-4-6-14(9-10)13(16)12-11(3-2-7-15)5-8-17-12/h5,8,10,15H,4,6-7,9H2,1H3. The largest absolute Gasteiger partial charge is 0.384 e. The number of aliphatic hydroxyl groups is 1. The molecule has 0 aliphatic carbocycles. The van der Waals surface area contributed by atoms with Crippen molar-refractivity contribution in [3.63, 3.8) is 0 Å². The lowest BCUT2D eigenvalue weighted by molar-refractivity contribution is 0.0792. The fraction of sp³-hybridized carbons (Fsp3) is 0.462. The van der Waals surface area contributed by atoms with Crippen molar-refractivity contribution in [2.45, 2.75) is 13.3 Å². The first kappa shape index (κ1) is 12.2. The van der Waals surface area contributed by atoms with Gasteiger partial charge >= 0.3 is 0 Å². The lowest BCUT2D eigenvalue weighted by Crippen LogP contribution is -2.28. The lowest BCUT2D eigenvalue weighted by atomic mass is 10.2. The Morgan fingerprint density at radius 2 is 2.53 bits per heavy atom. The zero-order valence-corrected chi connectivity index (χ0v) is 10.6. The van der Waals surface area contributed by atoms with Crippen molar-refractivity contribution in [2.24, 2.45) is 5.92 Å². The van der Waals surface area contributed by atoms with Gasteiger partial charge in [-0.25, -0.2) is 0 Å². The Bertz CT molecular complexity index is 469. The summed E-state index contributed by atoms with van der Waals surface area (Å²) in [5.74, 6) is 6.07. The summed E-state index contributed by atoms with van der Waals surface area (Å²) in [7, 11) is 0. The second-order valence-corrected chi connectivity index (χ2v) is 5.18. The van der Waals surface area contributed by atoms with Crippen LogP contribution in [0.25, 0.3) is 0 Å². The second kappa shape index (κ2) is 5.35. The summed E-state index contributed by atoms with van der Waals surface area (Å²) in [6.07, 6.45) is 1.08. The minimum absolute atomic E-state index is 0.0755. The van der Waals surface area contributed by atoms with Crippen LogP contribution < -0.4 is 0 Å². The van der Waals surface area contributed by atoms with Crippen LogP contribution in [0, 0.1) is 17.8 Å². The molecule has 1 saturated heterocycles. The number of likely N-dealkylation sites (tertiary alicyclic amines) is 1.